The van der Waals surface area contributed by atoms with Crippen LogP contribution in [0.25, 0.3) is 0 Å². The number of hydrogen-bond acceptors (Lipinski definition) is 3. The molecular weight excluding hydrogens is 246 g/mol. The van der Waals surface area contributed by atoms with Crippen LogP contribution in [0.1, 0.15) is 32.3 Å². The van der Waals surface area contributed by atoms with Crippen molar-refractivity contribution in [1.82, 2.24) is 5.32 Å². The fourth-order valence-electron chi connectivity index (χ4n) is 1.75. The highest BCUT2D eigenvalue weighted by molar-refractivity contribution is 7.90. The second-order valence-corrected chi connectivity index (χ2v) is 6.91. The molecule has 0 aliphatic heterocycles. The van der Waals surface area contributed by atoms with E-state index in [1.54, 1.807) is 0 Å². The largest absolute Gasteiger partial charge is 0.314 e. The molecule has 0 amide bonds. The Hall–Kier alpha value is -0.870. The first kappa shape index (κ1) is 15.2. The maximum Gasteiger partial charge on any atom is 0.154 e. The molecule has 0 aliphatic carbocycles. The number of benzene rings is 1. The fourth-order valence-corrected chi connectivity index (χ4v) is 3.31. The van der Waals surface area contributed by atoms with E-state index in [0.29, 0.717) is 6.42 Å². The Kier molecular flexibility index (Phi) is 6.36. The summed E-state index contributed by atoms with van der Waals surface area (Å²) in [7, 11) is -2.99. The Morgan fingerprint density at radius 1 is 1.22 bits per heavy atom. The van der Waals surface area contributed by atoms with Gasteiger partial charge >= 0.3 is 0 Å². The van der Waals surface area contributed by atoms with E-state index in [1.165, 1.54) is 0 Å². The van der Waals surface area contributed by atoms with Crippen molar-refractivity contribution in [2.24, 2.45) is 0 Å². The van der Waals surface area contributed by atoms with Gasteiger partial charge in [0.25, 0.3) is 0 Å². The van der Waals surface area contributed by atoms with Crippen LogP contribution in [0.2, 0.25) is 0 Å². The molecule has 1 N–H and O–H groups in total. The molecule has 0 saturated heterocycles. The van der Waals surface area contributed by atoms with Gasteiger partial charge in [0.2, 0.25) is 0 Å². The summed E-state index contributed by atoms with van der Waals surface area (Å²) < 4.78 is 23.9. The molecule has 0 radical (unpaired) electrons. The fraction of sp³-hybridized carbons (Fsp3) is 0.571. The molecule has 0 aromatic heterocycles. The summed E-state index contributed by atoms with van der Waals surface area (Å²) in [6.45, 7) is 5.08. The lowest BCUT2D eigenvalue weighted by molar-refractivity contribution is 0.525. The first-order valence-electron chi connectivity index (χ1n) is 6.51. The topological polar surface area (TPSA) is 46.2 Å². The summed E-state index contributed by atoms with van der Waals surface area (Å²) in [6.07, 6.45) is 1.75. The van der Waals surface area contributed by atoms with Crippen molar-refractivity contribution in [3.63, 3.8) is 0 Å². The summed E-state index contributed by atoms with van der Waals surface area (Å²) in [6, 6.07) is 9.61. The quantitative estimate of drug-likeness (QED) is 0.788. The lowest BCUT2D eigenvalue weighted by atomic mass is 10.2. The molecule has 1 atom stereocenters. The summed E-state index contributed by atoms with van der Waals surface area (Å²) in [5.41, 5.74) is 0.867. The van der Waals surface area contributed by atoms with Crippen molar-refractivity contribution in [1.29, 1.82) is 0 Å². The summed E-state index contributed by atoms with van der Waals surface area (Å²) in [4.78, 5) is 0. The highest BCUT2D eigenvalue weighted by Crippen LogP contribution is 2.08. The monoisotopic (exact) mass is 269 g/mol. The van der Waals surface area contributed by atoms with Gasteiger partial charge in [0, 0.05) is 6.04 Å². The minimum atomic E-state index is -2.99. The lowest BCUT2D eigenvalue weighted by Gasteiger charge is -2.13. The first-order chi connectivity index (χ1) is 8.53. The van der Waals surface area contributed by atoms with Gasteiger partial charge in [-0.15, -0.1) is 0 Å². The van der Waals surface area contributed by atoms with E-state index < -0.39 is 9.84 Å². The second-order valence-electron chi connectivity index (χ2n) is 4.72. The van der Waals surface area contributed by atoms with Gasteiger partial charge in [0.05, 0.1) is 11.5 Å². The van der Waals surface area contributed by atoms with Gasteiger partial charge in [-0.1, -0.05) is 37.3 Å². The first-order valence-corrected chi connectivity index (χ1v) is 8.33. The second kappa shape index (κ2) is 7.54. The average Bonchev–Trinajstić information content (AvgIpc) is 2.35. The molecule has 102 valence electrons. The van der Waals surface area contributed by atoms with E-state index in [9.17, 15) is 8.42 Å². The van der Waals surface area contributed by atoms with Crippen LogP contribution in [-0.2, 0) is 15.6 Å². The number of rotatable bonds is 8. The minimum Gasteiger partial charge on any atom is -0.314 e. The third-order valence-electron chi connectivity index (χ3n) is 2.83. The molecule has 3 nitrogen and oxygen atoms in total. The van der Waals surface area contributed by atoms with Crippen molar-refractivity contribution in [3.8, 4) is 0 Å². The predicted octanol–water partition coefficient (Wildman–Crippen LogP) is 2.38. The van der Waals surface area contributed by atoms with Gasteiger partial charge in [-0.2, -0.15) is 0 Å². The third-order valence-corrected chi connectivity index (χ3v) is 4.46. The Labute approximate surface area is 111 Å². The van der Waals surface area contributed by atoms with E-state index >= 15 is 0 Å². The van der Waals surface area contributed by atoms with E-state index in [2.05, 4.69) is 12.2 Å². The summed E-state index contributed by atoms with van der Waals surface area (Å²) in [5.74, 6) is 0.397. The molecule has 1 unspecified atom stereocenters. The maximum atomic E-state index is 12.0. The molecule has 0 aliphatic rings. The SMILES string of the molecule is CCCNC(C)CCS(=O)(=O)Cc1ccccc1. The smallest absolute Gasteiger partial charge is 0.154 e. The molecular formula is C14H23NO2S. The van der Waals surface area contributed by atoms with Crippen LogP contribution in [0.5, 0.6) is 0 Å². The minimum absolute atomic E-state index is 0.147. The van der Waals surface area contributed by atoms with Crippen molar-refractivity contribution in [2.45, 2.75) is 38.5 Å². The number of hydrogen-bond donors (Lipinski definition) is 1. The van der Waals surface area contributed by atoms with Crippen molar-refractivity contribution in [2.75, 3.05) is 12.3 Å². The van der Waals surface area contributed by atoms with E-state index in [-0.39, 0.29) is 17.5 Å². The Balaban J connectivity index is 2.41. The van der Waals surface area contributed by atoms with Gasteiger partial charge in [-0.3, -0.25) is 0 Å². The standard InChI is InChI=1S/C14H23NO2S/c1-3-10-15-13(2)9-11-18(16,17)12-14-7-5-4-6-8-14/h4-8,13,15H,3,9-12H2,1-2H3. The van der Waals surface area contributed by atoms with Crippen LogP contribution >= 0.6 is 0 Å². The van der Waals surface area contributed by atoms with Gasteiger partial charge in [0.1, 0.15) is 0 Å². The van der Waals surface area contributed by atoms with Crippen LogP contribution in [0, 0.1) is 0 Å². The van der Waals surface area contributed by atoms with Crippen molar-refractivity contribution in [3.05, 3.63) is 35.9 Å². The van der Waals surface area contributed by atoms with Crippen LogP contribution < -0.4 is 5.32 Å². The molecule has 0 fully saturated rings. The molecule has 0 spiro atoms. The van der Waals surface area contributed by atoms with Crippen LogP contribution in [0.3, 0.4) is 0 Å². The molecule has 1 aromatic carbocycles. The predicted molar refractivity (Wildman–Crippen MR) is 76.3 cm³/mol. The highest BCUT2D eigenvalue weighted by atomic mass is 32.2. The Morgan fingerprint density at radius 3 is 2.50 bits per heavy atom. The van der Waals surface area contributed by atoms with Gasteiger partial charge in [-0.05, 0) is 31.9 Å². The zero-order chi connectivity index (χ0) is 13.4. The third kappa shape index (κ3) is 6.17. The maximum absolute atomic E-state index is 12.0. The highest BCUT2D eigenvalue weighted by Gasteiger charge is 2.13. The molecule has 1 rings (SSSR count). The molecule has 18 heavy (non-hydrogen) atoms. The van der Waals surface area contributed by atoms with Gasteiger partial charge < -0.3 is 5.32 Å². The van der Waals surface area contributed by atoms with Crippen LogP contribution in [-0.4, -0.2) is 26.8 Å². The molecule has 0 bridgehead atoms. The Morgan fingerprint density at radius 2 is 1.89 bits per heavy atom. The van der Waals surface area contributed by atoms with Gasteiger partial charge in [0.15, 0.2) is 9.84 Å². The lowest BCUT2D eigenvalue weighted by Crippen LogP contribution is -2.29. The molecule has 4 heteroatoms. The van der Waals surface area contributed by atoms with Crippen LogP contribution in [0.15, 0.2) is 30.3 Å². The number of nitrogens with one attached hydrogen (secondary N) is 1. The van der Waals surface area contributed by atoms with Gasteiger partial charge in [-0.25, -0.2) is 8.42 Å². The van der Waals surface area contributed by atoms with Crippen molar-refractivity contribution >= 4 is 9.84 Å². The molecule has 1 aromatic rings. The Bertz CT molecular complexity index is 428. The van der Waals surface area contributed by atoms with E-state index in [1.807, 2.05) is 37.3 Å². The molecule has 0 saturated carbocycles. The zero-order valence-electron chi connectivity index (χ0n) is 11.2. The summed E-state index contributed by atoms with van der Waals surface area (Å²) >= 11 is 0. The van der Waals surface area contributed by atoms with Crippen molar-refractivity contribution < 1.29 is 8.42 Å². The zero-order valence-corrected chi connectivity index (χ0v) is 12.0. The van der Waals surface area contributed by atoms with E-state index in [4.69, 9.17) is 0 Å². The van der Waals surface area contributed by atoms with Crippen LogP contribution in [0.4, 0.5) is 0 Å². The summed E-state index contributed by atoms with van der Waals surface area (Å²) in [5, 5.41) is 3.30. The number of sulfone groups is 1. The molecule has 0 heterocycles. The average molecular weight is 269 g/mol. The van der Waals surface area contributed by atoms with E-state index in [0.717, 1.165) is 18.5 Å². The normalized spacial score (nSPS) is 13.4.